The molecule has 0 aromatic heterocycles. The molecule has 0 radical (unpaired) electrons. The fourth-order valence-corrected chi connectivity index (χ4v) is 4.04. The second-order valence-corrected chi connectivity index (χ2v) is 7.35. The smallest absolute Gasteiger partial charge is 0.160 e. The van der Waals surface area contributed by atoms with E-state index in [1.54, 1.807) is 0 Å². The van der Waals surface area contributed by atoms with Crippen LogP contribution in [0.4, 0.5) is 0 Å². The van der Waals surface area contributed by atoms with E-state index < -0.39 is 0 Å². The predicted octanol–water partition coefficient (Wildman–Crippen LogP) is 2.79. The van der Waals surface area contributed by atoms with E-state index in [-0.39, 0.29) is 17.3 Å². The molecule has 1 heterocycles. The number of aromatic hydroxyl groups is 1. The monoisotopic (exact) mass is 315 g/mol. The molecule has 4 rings (SSSR count). The van der Waals surface area contributed by atoms with Crippen molar-refractivity contribution in [2.24, 2.45) is 5.92 Å². The SMILES string of the molecule is CN1CC[C@]2(c3ccc(OCC4CC4)c(O)c3)CC[C@H](O)C=C12. The first-order chi connectivity index (χ1) is 11.1. The molecule has 1 saturated heterocycles. The van der Waals surface area contributed by atoms with Gasteiger partial charge in [0.2, 0.25) is 0 Å². The molecular weight excluding hydrogens is 290 g/mol. The Labute approximate surface area is 137 Å². The molecule has 1 aromatic carbocycles. The minimum atomic E-state index is -0.353. The van der Waals surface area contributed by atoms with Gasteiger partial charge in [0.1, 0.15) is 0 Å². The minimum Gasteiger partial charge on any atom is -0.504 e. The van der Waals surface area contributed by atoms with Crippen LogP contribution in [0.3, 0.4) is 0 Å². The van der Waals surface area contributed by atoms with Gasteiger partial charge in [-0.05, 0) is 61.8 Å². The van der Waals surface area contributed by atoms with E-state index >= 15 is 0 Å². The van der Waals surface area contributed by atoms with Crippen LogP contribution < -0.4 is 4.74 Å². The number of likely N-dealkylation sites (N-methyl/N-ethyl adjacent to an activating group) is 1. The highest BCUT2D eigenvalue weighted by molar-refractivity contribution is 5.49. The molecule has 0 spiro atoms. The molecule has 23 heavy (non-hydrogen) atoms. The average molecular weight is 315 g/mol. The minimum absolute atomic E-state index is 0.0690. The topological polar surface area (TPSA) is 52.9 Å². The summed E-state index contributed by atoms with van der Waals surface area (Å²) >= 11 is 0. The number of phenols is 1. The maximum atomic E-state index is 10.4. The van der Waals surface area contributed by atoms with Crippen molar-refractivity contribution in [1.82, 2.24) is 4.90 Å². The molecule has 3 aliphatic rings. The fourth-order valence-electron chi connectivity index (χ4n) is 4.04. The molecule has 1 saturated carbocycles. The molecule has 2 fully saturated rings. The summed E-state index contributed by atoms with van der Waals surface area (Å²) in [6.45, 7) is 1.69. The standard InChI is InChI=1S/C19H25NO3/c1-20-9-8-19(7-6-15(21)11-18(19)20)14-4-5-17(16(22)10-14)23-12-13-2-3-13/h4-5,10-11,13,15,21-22H,2-3,6-9,12H2,1H3/t15-,19-/m0/s1. The molecule has 0 bridgehead atoms. The number of phenolic OH excluding ortho intramolecular Hbond substituents is 1. The van der Waals surface area contributed by atoms with E-state index in [2.05, 4.69) is 18.0 Å². The molecule has 0 unspecified atom stereocenters. The Kier molecular flexibility index (Phi) is 3.52. The zero-order valence-corrected chi connectivity index (χ0v) is 13.7. The molecule has 2 aliphatic carbocycles. The van der Waals surface area contributed by atoms with Crippen LogP contribution in [0.25, 0.3) is 0 Å². The summed E-state index contributed by atoms with van der Waals surface area (Å²) in [7, 11) is 2.08. The van der Waals surface area contributed by atoms with Crippen molar-refractivity contribution in [3.05, 3.63) is 35.5 Å². The van der Waals surface area contributed by atoms with Crippen molar-refractivity contribution < 1.29 is 14.9 Å². The van der Waals surface area contributed by atoms with E-state index in [4.69, 9.17) is 4.74 Å². The number of aliphatic hydroxyl groups excluding tert-OH is 1. The van der Waals surface area contributed by atoms with Crippen molar-refractivity contribution in [2.45, 2.75) is 43.6 Å². The maximum absolute atomic E-state index is 10.4. The number of rotatable bonds is 4. The van der Waals surface area contributed by atoms with Gasteiger partial charge < -0.3 is 19.8 Å². The summed E-state index contributed by atoms with van der Waals surface area (Å²) < 4.78 is 5.74. The summed E-state index contributed by atoms with van der Waals surface area (Å²) in [5, 5.41) is 20.4. The van der Waals surface area contributed by atoms with Crippen molar-refractivity contribution in [2.75, 3.05) is 20.2 Å². The Morgan fingerprint density at radius 2 is 2.09 bits per heavy atom. The van der Waals surface area contributed by atoms with Gasteiger partial charge >= 0.3 is 0 Å². The van der Waals surface area contributed by atoms with Gasteiger partial charge in [0.15, 0.2) is 11.5 Å². The average Bonchev–Trinajstić information content (AvgIpc) is 3.31. The number of nitrogens with zero attached hydrogens (tertiary/aromatic N) is 1. The zero-order valence-electron chi connectivity index (χ0n) is 13.7. The van der Waals surface area contributed by atoms with E-state index in [9.17, 15) is 10.2 Å². The third kappa shape index (κ3) is 2.59. The lowest BCUT2D eigenvalue weighted by Crippen LogP contribution is -2.33. The highest BCUT2D eigenvalue weighted by atomic mass is 16.5. The predicted molar refractivity (Wildman–Crippen MR) is 88.6 cm³/mol. The van der Waals surface area contributed by atoms with E-state index in [1.807, 2.05) is 18.2 Å². The van der Waals surface area contributed by atoms with Crippen LogP contribution in [-0.4, -0.2) is 41.4 Å². The Balaban J connectivity index is 1.63. The fraction of sp³-hybridized carbons (Fsp3) is 0.579. The summed E-state index contributed by atoms with van der Waals surface area (Å²) in [5.74, 6) is 1.49. The van der Waals surface area contributed by atoms with Crippen molar-refractivity contribution in [3.63, 3.8) is 0 Å². The first-order valence-electron chi connectivity index (χ1n) is 8.66. The van der Waals surface area contributed by atoms with Crippen LogP contribution in [0.5, 0.6) is 11.5 Å². The first-order valence-corrected chi connectivity index (χ1v) is 8.66. The third-order valence-electron chi connectivity index (χ3n) is 5.68. The number of fused-ring (bicyclic) bond motifs is 1. The Hall–Kier alpha value is -1.68. The van der Waals surface area contributed by atoms with Crippen LogP contribution in [0.1, 0.15) is 37.7 Å². The lowest BCUT2D eigenvalue weighted by molar-refractivity contribution is 0.181. The van der Waals surface area contributed by atoms with Gasteiger partial charge in [0, 0.05) is 24.7 Å². The number of ether oxygens (including phenoxy) is 1. The van der Waals surface area contributed by atoms with E-state index in [0.29, 0.717) is 18.3 Å². The summed E-state index contributed by atoms with van der Waals surface area (Å²) in [6, 6.07) is 5.86. The molecule has 0 amide bonds. The van der Waals surface area contributed by atoms with Crippen LogP contribution in [-0.2, 0) is 5.41 Å². The Bertz CT molecular complexity index is 638. The largest absolute Gasteiger partial charge is 0.504 e. The number of aliphatic hydroxyl groups is 1. The van der Waals surface area contributed by atoms with Gasteiger partial charge in [-0.15, -0.1) is 0 Å². The van der Waals surface area contributed by atoms with Gasteiger partial charge in [0.05, 0.1) is 12.7 Å². The molecule has 1 aromatic rings. The lowest BCUT2D eigenvalue weighted by atomic mass is 9.70. The van der Waals surface area contributed by atoms with Crippen LogP contribution in [0.2, 0.25) is 0 Å². The van der Waals surface area contributed by atoms with Gasteiger partial charge in [-0.25, -0.2) is 0 Å². The van der Waals surface area contributed by atoms with Crippen molar-refractivity contribution in [1.29, 1.82) is 0 Å². The van der Waals surface area contributed by atoms with Gasteiger partial charge in [0.25, 0.3) is 0 Å². The van der Waals surface area contributed by atoms with E-state index in [1.165, 1.54) is 18.5 Å². The molecular formula is C19H25NO3. The molecule has 1 aliphatic heterocycles. The number of benzene rings is 1. The highest BCUT2D eigenvalue weighted by Crippen LogP contribution is 2.50. The Morgan fingerprint density at radius 3 is 2.83 bits per heavy atom. The zero-order chi connectivity index (χ0) is 16.0. The van der Waals surface area contributed by atoms with Gasteiger partial charge in [-0.1, -0.05) is 6.07 Å². The molecule has 4 heteroatoms. The quantitative estimate of drug-likeness (QED) is 0.897. The molecule has 2 N–H and O–H groups in total. The van der Waals surface area contributed by atoms with E-state index in [0.717, 1.165) is 31.4 Å². The number of allylic oxidation sites excluding steroid dienone is 1. The second kappa shape index (κ2) is 5.45. The Morgan fingerprint density at radius 1 is 1.26 bits per heavy atom. The summed E-state index contributed by atoms with van der Waals surface area (Å²) in [4.78, 5) is 2.23. The number of hydrogen-bond donors (Lipinski definition) is 2. The molecule has 4 nitrogen and oxygen atoms in total. The number of hydrogen-bond acceptors (Lipinski definition) is 4. The van der Waals surface area contributed by atoms with Crippen LogP contribution in [0, 0.1) is 5.92 Å². The van der Waals surface area contributed by atoms with Crippen LogP contribution in [0.15, 0.2) is 30.0 Å². The second-order valence-electron chi connectivity index (χ2n) is 7.35. The summed E-state index contributed by atoms with van der Waals surface area (Å²) in [5.41, 5.74) is 2.26. The highest BCUT2D eigenvalue weighted by Gasteiger charge is 2.45. The van der Waals surface area contributed by atoms with Crippen molar-refractivity contribution in [3.8, 4) is 11.5 Å². The molecule has 2 atom stereocenters. The van der Waals surface area contributed by atoms with Gasteiger partial charge in [-0.2, -0.15) is 0 Å². The maximum Gasteiger partial charge on any atom is 0.160 e. The van der Waals surface area contributed by atoms with Gasteiger partial charge in [-0.3, -0.25) is 0 Å². The van der Waals surface area contributed by atoms with Crippen LogP contribution >= 0.6 is 0 Å². The molecule has 124 valence electrons. The third-order valence-corrected chi connectivity index (χ3v) is 5.68. The lowest BCUT2D eigenvalue weighted by Gasteiger charge is -2.37. The summed E-state index contributed by atoms with van der Waals surface area (Å²) in [6.07, 6.45) is 6.85. The van der Waals surface area contributed by atoms with Crippen molar-refractivity contribution >= 4 is 0 Å². The number of likely N-dealkylation sites (tertiary alicyclic amines) is 1. The first kappa shape index (κ1) is 14.9. The normalized spacial score (nSPS) is 30.1.